The molecule has 0 bridgehead atoms. The van der Waals surface area contributed by atoms with E-state index in [1.54, 1.807) is 26.0 Å². The van der Waals surface area contributed by atoms with Crippen LogP contribution in [-0.2, 0) is 54.3 Å². The molecule has 0 amide bonds. The average Bonchev–Trinajstić information content (AvgIpc) is 2.99. The summed E-state index contributed by atoms with van der Waals surface area (Å²) in [5.41, 5.74) is 7.64. The highest BCUT2D eigenvalue weighted by Crippen LogP contribution is 2.30. The summed E-state index contributed by atoms with van der Waals surface area (Å²) in [6.45, 7) is 18.3. The molecule has 0 saturated carbocycles. The minimum atomic E-state index is -0.414. The summed E-state index contributed by atoms with van der Waals surface area (Å²) in [5.74, 6) is -0.850. The first-order chi connectivity index (χ1) is 21.7. The van der Waals surface area contributed by atoms with E-state index < -0.39 is 23.9 Å². The van der Waals surface area contributed by atoms with Crippen LogP contribution in [0.1, 0.15) is 58.4 Å². The van der Waals surface area contributed by atoms with Gasteiger partial charge in [0.2, 0.25) is 0 Å². The van der Waals surface area contributed by atoms with Crippen LogP contribution in [0.25, 0.3) is 0 Å². The molecule has 0 spiro atoms. The molecule has 3 aromatic rings. The Morgan fingerprint density at radius 3 is 1.28 bits per heavy atom. The summed E-state index contributed by atoms with van der Waals surface area (Å²) in [6, 6.07) is 14.8. The van der Waals surface area contributed by atoms with Crippen molar-refractivity contribution < 1.29 is 38.1 Å². The quantitative estimate of drug-likeness (QED) is 0.113. The fraction of sp³-hybridized carbons (Fsp3) is 0.316. The van der Waals surface area contributed by atoms with Gasteiger partial charge in [-0.25, -0.2) is 9.59 Å². The summed E-state index contributed by atoms with van der Waals surface area (Å²) < 4.78 is 21.7. The van der Waals surface area contributed by atoms with Crippen LogP contribution < -0.4 is 9.47 Å². The van der Waals surface area contributed by atoms with Crippen molar-refractivity contribution in [1.29, 1.82) is 0 Å². The number of ether oxygens (including phenoxy) is 4. The van der Waals surface area contributed by atoms with Crippen LogP contribution in [0.4, 0.5) is 0 Å². The lowest BCUT2D eigenvalue weighted by atomic mass is 10.0. The van der Waals surface area contributed by atoms with Crippen LogP contribution in [0, 0.1) is 27.7 Å². The van der Waals surface area contributed by atoms with Crippen LogP contribution in [-0.4, -0.2) is 37.1 Å². The van der Waals surface area contributed by atoms with Crippen molar-refractivity contribution in [2.75, 3.05) is 13.2 Å². The third-order valence-electron chi connectivity index (χ3n) is 7.56. The number of hydrogen-bond acceptors (Lipinski definition) is 8. The molecule has 46 heavy (non-hydrogen) atoms. The number of carbonyl (C=O) groups is 4. The Morgan fingerprint density at radius 2 is 0.957 bits per heavy atom. The minimum Gasteiger partial charge on any atom is -0.462 e. The van der Waals surface area contributed by atoms with Gasteiger partial charge >= 0.3 is 23.9 Å². The van der Waals surface area contributed by atoms with Crippen molar-refractivity contribution in [3.63, 3.8) is 0 Å². The summed E-state index contributed by atoms with van der Waals surface area (Å²) >= 11 is 0. The highest BCUT2D eigenvalue weighted by Gasteiger charge is 2.17. The molecule has 0 aliphatic heterocycles. The van der Waals surface area contributed by atoms with E-state index in [1.807, 2.05) is 64.1 Å². The van der Waals surface area contributed by atoms with Crippen LogP contribution >= 0.6 is 0 Å². The largest absolute Gasteiger partial charge is 0.462 e. The van der Waals surface area contributed by atoms with Gasteiger partial charge in [-0.1, -0.05) is 49.6 Å². The number of aryl methyl sites for hydroxylation is 2. The van der Waals surface area contributed by atoms with Gasteiger partial charge in [0.1, 0.15) is 11.5 Å². The molecule has 0 aliphatic carbocycles. The van der Waals surface area contributed by atoms with Gasteiger partial charge < -0.3 is 18.9 Å². The van der Waals surface area contributed by atoms with E-state index in [2.05, 4.69) is 13.2 Å². The molecule has 242 valence electrons. The third kappa shape index (κ3) is 10.3. The van der Waals surface area contributed by atoms with E-state index >= 15 is 0 Å². The van der Waals surface area contributed by atoms with Gasteiger partial charge in [0.25, 0.3) is 0 Å². The molecule has 0 N–H and O–H groups in total. The third-order valence-corrected chi connectivity index (χ3v) is 7.56. The number of hydrogen-bond donors (Lipinski definition) is 0. The van der Waals surface area contributed by atoms with Crippen molar-refractivity contribution in [3.8, 4) is 11.5 Å². The van der Waals surface area contributed by atoms with Gasteiger partial charge in [-0.15, -0.1) is 0 Å². The molecule has 0 aromatic heterocycles. The fourth-order valence-electron chi connectivity index (χ4n) is 4.61. The predicted octanol–water partition coefficient (Wildman–Crippen LogP) is 6.54. The Labute approximate surface area is 271 Å². The number of benzene rings is 3. The highest BCUT2D eigenvalue weighted by molar-refractivity contribution is 5.87. The Hall–Kier alpha value is -4.98. The van der Waals surface area contributed by atoms with E-state index in [4.69, 9.17) is 18.9 Å². The molecule has 8 heteroatoms. The van der Waals surface area contributed by atoms with Crippen LogP contribution in [0.3, 0.4) is 0 Å². The molecule has 0 atom stereocenters. The average molecular weight is 627 g/mol. The Morgan fingerprint density at radius 1 is 0.587 bits per heavy atom. The van der Waals surface area contributed by atoms with E-state index in [0.29, 0.717) is 46.6 Å². The normalized spacial score (nSPS) is 10.6. The second-order valence-electron chi connectivity index (χ2n) is 11.5. The van der Waals surface area contributed by atoms with Crippen molar-refractivity contribution in [1.82, 2.24) is 0 Å². The van der Waals surface area contributed by atoms with E-state index in [-0.39, 0.29) is 26.1 Å². The minimum absolute atomic E-state index is 0.0871. The molecular formula is C38H42O8. The molecule has 3 rings (SSSR count). The first-order valence-electron chi connectivity index (χ1n) is 15.1. The summed E-state index contributed by atoms with van der Waals surface area (Å²) in [4.78, 5) is 48.8. The molecule has 0 heterocycles. The molecular weight excluding hydrogens is 584 g/mol. The molecule has 0 aliphatic rings. The summed E-state index contributed by atoms with van der Waals surface area (Å²) in [5, 5.41) is 0. The van der Waals surface area contributed by atoms with Crippen LogP contribution in [0.15, 0.2) is 72.8 Å². The SMILES string of the molecule is C=C(C)C(=O)OCCc1ccc(CC(=O)Oc2ccc(OC(=O)Cc3ccc(CCOC(=O)C(=C)C)cc3C)c(C)c2C)c(C)c1. The lowest BCUT2D eigenvalue weighted by Gasteiger charge is -2.15. The van der Waals surface area contributed by atoms with Gasteiger partial charge in [0, 0.05) is 24.0 Å². The van der Waals surface area contributed by atoms with Gasteiger partial charge in [0.05, 0.1) is 26.1 Å². The standard InChI is InChI=1S/C38H42O8/c1-23(2)37(41)43-17-15-29-9-11-31(25(5)19-29)21-35(39)45-33-13-14-34(28(8)27(33)7)46-36(40)22-32-12-10-30(20-26(32)6)16-18-44-38(42)24(3)4/h9-14,19-20H,1,3,15-18,21-22H2,2,4-8H3. The maximum atomic E-state index is 12.8. The predicted molar refractivity (Wildman–Crippen MR) is 176 cm³/mol. The number of esters is 4. The number of rotatable bonds is 14. The second-order valence-corrected chi connectivity index (χ2v) is 11.5. The van der Waals surface area contributed by atoms with Crippen molar-refractivity contribution in [2.24, 2.45) is 0 Å². The Kier molecular flexibility index (Phi) is 12.6. The van der Waals surface area contributed by atoms with Gasteiger partial charge in [-0.2, -0.15) is 0 Å². The van der Waals surface area contributed by atoms with Crippen molar-refractivity contribution in [3.05, 3.63) is 117 Å². The number of carbonyl (C=O) groups excluding carboxylic acids is 4. The smallest absolute Gasteiger partial charge is 0.333 e. The summed E-state index contributed by atoms with van der Waals surface area (Å²) in [6.07, 6.45) is 1.29. The zero-order valence-corrected chi connectivity index (χ0v) is 27.5. The van der Waals surface area contributed by atoms with Crippen molar-refractivity contribution >= 4 is 23.9 Å². The zero-order valence-electron chi connectivity index (χ0n) is 27.5. The van der Waals surface area contributed by atoms with Crippen molar-refractivity contribution in [2.45, 2.75) is 67.2 Å². The zero-order chi connectivity index (χ0) is 34.0. The first-order valence-corrected chi connectivity index (χ1v) is 15.1. The molecule has 0 unspecified atom stereocenters. The first kappa shape index (κ1) is 35.5. The van der Waals surface area contributed by atoms with E-state index in [0.717, 1.165) is 33.4 Å². The lowest BCUT2D eigenvalue weighted by Crippen LogP contribution is -2.15. The lowest BCUT2D eigenvalue weighted by molar-refractivity contribution is -0.139. The van der Waals surface area contributed by atoms with E-state index in [1.165, 1.54) is 0 Å². The van der Waals surface area contributed by atoms with Gasteiger partial charge in [0.15, 0.2) is 0 Å². The second kappa shape index (κ2) is 16.4. The molecule has 8 nitrogen and oxygen atoms in total. The molecule has 0 fully saturated rings. The summed E-state index contributed by atoms with van der Waals surface area (Å²) in [7, 11) is 0. The van der Waals surface area contributed by atoms with Crippen LogP contribution in [0.5, 0.6) is 11.5 Å². The highest BCUT2D eigenvalue weighted by atomic mass is 16.5. The topological polar surface area (TPSA) is 105 Å². The maximum Gasteiger partial charge on any atom is 0.333 e. The Balaban J connectivity index is 1.55. The van der Waals surface area contributed by atoms with Gasteiger partial charge in [-0.05, 0) is 98.2 Å². The molecule has 0 radical (unpaired) electrons. The van der Waals surface area contributed by atoms with Gasteiger partial charge in [-0.3, -0.25) is 9.59 Å². The fourth-order valence-corrected chi connectivity index (χ4v) is 4.61. The van der Waals surface area contributed by atoms with Crippen LogP contribution in [0.2, 0.25) is 0 Å². The van der Waals surface area contributed by atoms with E-state index in [9.17, 15) is 19.2 Å². The molecule has 3 aromatic carbocycles. The Bertz CT molecular complexity index is 1540. The monoisotopic (exact) mass is 626 g/mol. The maximum absolute atomic E-state index is 12.8. The molecule has 0 saturated heterocycles.